The van der Waals surface area contributed by atoms with Crippen molar-refractivity contribution >= 4 is 10.9 Å². The number of benzene rings is 1. The third-order valence-electron chi connectivity index (χ3n) is 4.36. The summed E-state index contributed by atoms with van der Waals surface area (Å²) in [4.78, 5) is 4.66. The van der Waals surface area contributed by atoms with E-state index in [4.69, 9.17) is 4.74 Å². The molecule has 0 unspecified atom stereocenters. The van der Waals surface area contributed by atoms with Gasteiger partial charge in [0.1, 0.15) is 6.11 Å². The first-order valence-corrected chi connectivity index (χ1v) is 9.80. The Hall–Kier alpha value is -2.45. The molecule has 1 heterocycles. The van der Waals surface area contributed by atoms with E-state index in [1.807, 2.05) is 18.2 Å². The van der Waals surface area contributed by atoms with E-state index >= 15 is 0 Å². The first-order valence-electron chi connectivity index (χ1n) is 9.80. The first kappa shape index (κ1) is 19.9. The lowest BCUT2D eigenvalue weighted by atomic mass is 10.0. The van der Waals surface area contributed by atoms with Gasteiger partial charge in [-0.25, -0.2) is 4.98 Å². The molecule has 0 radical (unpaired) electrons. The maximum absolute atomic E-state index is 5.71. The van der Waals surface area contributed by atoms with Crippen molar-refractivity contribution in [1.82, 2.24) is 4.98 Å². The van der Waals surface area contributed by atoms with Gasteiger partial charge in [-0.2, -0.15) is 0 Å². The van der Waals surface area contributed by atoms with Crippen LogP contribution in [0.3, 0.4) is 0 Å². The molecule has 0 atom stereocenters. The van der Waals surface area contributed by atoms with Crippen molar-refractivity contribution in [3.05, 3.63) is 35.4 Å². The normalized spacial score (nSPS) is 9.96. The van der Waals surface area contributed by atoms with Crippen LogP contribution < -0.4 is 4.74 Å². The highest BCUT2D eigenvalue weighted by Gasteiger charge is 2.11. The summed E-state index contributed by atoms with van der Waals surface area (Å²) >= 11 is 0. The molecule has 0 aliphatic heterocycles. The molecule has 0 saturated heterocycles. The summed E-state index contributed by atoms with van der Waals surface area (Å²) in [5.41, 5.74) is 2.90. The van der Waals surface area contributed by atoms with Crippen molar-refractivity contribution in [2.24, 2.45) is 0 Å². The molecule has 2 rings (SSSR count). The number of fused-ring (bicyclic) bond motifs is 1. The molecular weight excluding hydrogens is 318 g/mol. The van der Waals surface area contributed by atoms with Gasteiger partial charge < -0.3 is 4.74 Å². The van der Waals surface area contributed by atoms with Crippen LogP contribution >= 0.6 is 0 Å². The third kappa shape index (κ3) is 5.82. The molecule has 2 heteroatoms. The second-order valence-corrected chi connectivity index (χ2v) is 6.53. The smallest absolute Gasteiger partial charge is 0.247 e. The van der Waals surface area contributed by atoms with Crippen LogP contribution in [-0.2, 0) is 0 Å². The van der Waals surface area contributed by atoms with Gasteiger partial charge in [0.2, 0.25) is 5.88 Å². The van der Waals surface area contributed by atoms with Gasteiger partial charge in [-0.05, 0) is 31.4 Å². The Bertz CT molecular complexity index is 830. The average Bonchev–Trinajstić information content (AvgIpc) is 2.66. The summed E-state index contributed by atoms with van der Waals surface area (Å²) in [7, 11) is 0. The van der Waals surface area contributed by atoms with Gasteiger partial charge in [0.05, 0.1) is 11.1 Å². The minimum absolute atomic E-state index is 0.534. The zero-order valence-electron chi connectivity index (χ0n) is 16.3. The SMILES string of the molecule is CCCCCC#COc1nc2ccccc2c(C)c1C#CCCCCC. The van der Waals surface area contributed by atoms with Crippen LogP contribution in [0.5, 0.6) is 5.88 Å². The average molecular weight is 348 g/mol. The van der Waals surface area contributed by atoms with E-state index in [1.165, 1.54) is 25.7 Å². The number of nitrogens with zero attached hydrogens (tertiary/aromatic N) is 1. The van der Waals surface area contributed by atoms with E-state index in [0.29, 0.717) is 5.88 Å². The predicted octanol–water partition coefficient (Wildman–Crippen LogP) is 6.40. The third-order valence-corrected chi connectivity index (χ3v) is 4.36. The molecule has 0 fully saturated rings. The van der Waals surface area contributed by atoms with Gasteiger partial charge in [0.25, 0.3) is 0 Å². The second kappa shape index (κ2) is 11.2. The lowest BCUT2D eigenvalue weighted by Crippen LogP contribution is -1.97. The molecule has 136 valence electrons. The summed E-state index contributed by atoms with van der Waals surface area (Å²) in [6, 6.07) is 8.11. The van der Waals surface area contributed by atoms with Crippen LogP contribution in [-0.4, -0.2) is 4.98 Å². The molecule has 2 nitrogen and oxygen atoms in total. The summed E-state index contributed by atoms with van der Waals surface area (Å²) < 4.78 is 5.71. The zero-order valence-corrected chi connectivity index (χ0v) is 16.3. The lowest BCUT2D eigenvalue weighted by Gasteiger charge is -2.08. The van der Waals surface area contributed by atoms with Crippen LogP contribution in [0.4, 0.5) is 0 Å². The van der Waals surface area contributed by atoms with Gasteiger partial charge in [-0.3, -0.25) is 0 Å². The van der Waals surface area contributed by atoms with E-state index in [9.17, 15) is 0 Å². The Morgan fingerprint density at radius 2 is 1.62 bits per heavy atom. The summed E-state index contributed by atoms with van der Waals surface area (Å²) in [5, 5.41) is 1.12. The van der Waals surface area contributed by atoms with Crippen LogP contribution in [0.15, 0.2) is 24.3 Å². The van der Waals surface area contributed by atoms with Crippen molar-refractivity contribution in [3.63, 3.8) is 0 Å². The van der Waals surface area contributed by atoms with Crippen molar-refractivity contribution in [2.75, 3.05) is 0 Å². The summed E-state index contributed by atoms with van der Waals surface area (Å²) in [5.74, 6) is 10.2. The predicted molar refractivity (Wildman–Crippen MR) is 110 cm³/mol. The Labute approximate surface area is 158 Å². The number of pyridine rings is 1. The molecular formula is C24H29NO. The van der Waals surface area contributed by atoms with Crippen molar-refractivity contribution in [1.29, 1.82) is 0 Å². The van der Waals surface area contributed by atoms with Gasteiger partial charge >= 0.3 is 0 Å². The lowest BCUT2D eigenvalue weighted by molar-refractivity contribution is 0.496. The Kier molecular flexibility index (Phi) is 8.57. The molecule has 1 aromatic carbocycles. The van der Waals surface area contributed by atoms with Crippen LogP contribution in [0, 0.1) is 30.8 Å². The fourth-order valence-corrected chi connectivity index (χ4v) is 2.78. The largest absolute Gasteiger partial charge is 0.386 e. The molecule has 0 bridgehead atoms. The van der Waals surface area contributed by atoms with Crippen molar-refractivity contribution in [3.8, 4) is 29.7 Å². The highest BCUT2D eigenvalue weighted by Crippen LogP contribution is 2.26. The molecule has 0 amide bonds. The molecule has 0 N–H and O–H groups in total. The molecule has 1 aromatic heterocycles. The molecule has 0 spiro atoms. The number of ether oxygens (including phenoxy) is 1. The molecule has 0 aliphatic carbocycles. The van der Waals surface area contributed by atoms with E-state index in [-0.39, 0.29) is 0 Å². The fraction of sp³-hybridized carbons (Fsp3) is 0.458. The Morgan fingerprint density at radius 1 is 0.923 bits per heavy atom. The fourth-order valence-electron chi connectivity index (χ4n) is 2.78. The van der Waals surface area contributed by atoms with Crippen molar-refractivity contribution in [2.45, 2.75) is 72.1 Å². The van der Waals surface area contributed by atoms with Crippen LogP contribution in [0.2, 0.25) is 0 Å². The van der Waals surface area contributed by atoms with E-state index in [1.54, 1.807) is 0 Å². The van der Waals surface area contributed by atoms with Gasteiger partial charge in [-0.1, -0.05) is 75.5 Å². The highest BCUT2D eigenvalue weighted by atomic mass is 16.5. The van der Waals surface area contributed by atoms with E-state index < -0.39 is 0 Å². The Balaban J connectivity index is 2.25. The van der Waals surface area contributed by atoms with Crippen LogP contribution in [0.1, 0.15) is 76.3 Å². The molecule has 0 saturated carbocycles. The molecule has 2 aromatic rings. The maximum Gasteiger partial charge on any atom is 0.247 e. The summed E-state index contributed by atoms with van der Waals surface area (Å²) in [6.45, 7) is 6.48. The number of hydrogen-bond acceptors (Lipinski definition) is 2. The zero-order chi connectivity index (χ0) is 18.6. The van der Waals surface area contributed by atoms with Gasteiger partial charge in [-0.15, -0.1) is 0 Å². The quantitative estimate of drug-likeness (QED) is 0.427. The maximum atomic E-state index is 5.71. The van der Waals surface area contributed by atoms with E-state index in [2.05, 4.69) is 55.7 Å². The topological polar surface area (TPSA) is 22.1 Å². The van der Waals surface area contributed by atoms with Gasteiger partial charge in [0, 0.05) is 18.2 Å². The number of rotatable bonds is 7. The number of aromatic nitrogens is 1. The minimum atomic E-state index is 0.534. The number of para-hydroxylation sites is 1. The number of hydrogen-bond donors (Lipinski definition) is 0. The first-order chi connectivity index (χ1) is 12.8. The van der Waals surface area contributed by atoms with Crippen LogP contribution in [0.25, 0.3) is 10.9 Å². The number of aryl methyl sites for hydroxylation is 1. The Morgan fingerprint density at radius 3 is 2.35 bits per heavy atom. The molecule has 26 heavy (non-hydrogen) atoms. The summed E-state index contributed by atoms with van der Waals surface area (Å²) in [6.07, 6.45) is 11.7. The van der Waals surface area contributed by atoms with E-state index in [0.717, 1.165) is 47.7 Å². The highest BCUT2D eigenvalue weighted by molar-refractivity contribution is 5.85. The standard InChI is InChI=1S/C24H29NO/c1-4-6-8-10-12-17-22-20(3)21-16-13-14-18-23(21)25-24(22)26-19-15-11-9-7-5-2/h13-14,16,18H,4-11H2,1-3H3. The van der Waals surface area contributed by atoms with Gasteiger partial charge in [0.15, 0.2) is 0 Å². The second-order valence-electron chi connectivity index (χ2n) is 6.53. The molecule has 0 aliphatic rings. The van der Waals surface area contributed by atoms with Crippen molar-refractivity contribution < 1.29 is 4.74 Å². The number of unbranched alkanes of at least 4 members (excludes halogenated alkanes) is 6. The minimum Gasteiger partial charge on any atom is -0.386 e. The monoisotopic (exact) mass is 347 g/mol.